The van der Waals surface area contributed by atoms with E-state index in [1.807, 2.05) is 0 Å². The van der Waals surface area contributed by atoms with Gasteiger partial charge in [-0.05, 0) is 77.9 Å². The highest BCUT2D eigenvalue weighted by Crippen LogP contribution is 2.18. The molecule has 0 aliphatic carbocycles. The molecule has 1 aromatic carbocycles. The van der Waals surface area contributed by atoms with E-state index in [9.17, 15) is 14.4 Å². The van der Waals surface area contributed by atoms with Crippen molar-refractivity contribution in [2.45, 2.75) is 41.5 Å². The van der Waals surface area contributed by atoms with Crippen molar-refractivity contribution < 1.29 is 14.4 Å². The molecule has 9 heteroatoms. The lowest BCUT2D eigenvalue weighted by Gasteiger charge is -2.11. The normalized spacial score (nSPS) is 11.1. The highest BCUT2D eigenvalue weighted by atomic mass is 16.2. The summed E-state index contributed by atoms with van der Waals surface area (Å²) in [5.41, 5.74) is 4.52. The smallest absolute Gasteiger partial charge is 0.267 e. The second kappa shape index (κ2) is 8.09. The average Bonchev–Trinajstić information content (AvgIpc) is 3.40. The number of hydrogen-bond acceptors (Lipinski definition) is 6. The molecular weight excluding hydrogens is 420 g/mol. The Bertz CT molecular complexity index is 1250. The van der Waals surface area contributed by atoms with Gasteiger partial charge in [0.1, 0.15) is 0 Å². The van der Waals surface area contributed by atoms with Crippen molar-refractivity contribution in [1.82, 2.24) is 29.3 Å². The number of carbonyl (C=O) groups excluding carboxylic acids is 3. The number of hydrogen-bond donors (Lipinski definition) is 0. The Morgan fingerprint density at radius 1 is 0.485 bits per heavy atom. The van der Waals surface area contributed by atoms with Gasteiger partial charge >= 0.3 is 0 Å². The Hall–Kier alpha value is -4.14. The first-order valence-electron chi connectivity index (χ1n) is 10.4. The van der Waals surface area contributed by atoms with Crippen molar-refractivity contribution in [2.75, 3.05) is 0 Å². The summed E-state index contributed by atoms with van der Waals surface area (Å²) in [5.74, 6) is -1.32. The van der Waals surface area contributed by atoms with Crippen molar-refractivity contribution in [1.29, 1.82) is 0 Å². The van der Waals surface area contributed by atoms with E-state index in [1.54, 1.807) is 59.7 Å². The van der Waals surface area contributed by atoms with E-state index in [-0.39, 0.29) is 16.7 Å². The number of nitrogens with zero attached hydrogens (tertiary/aromatic N) is 6. The summed E-state index contributed by atoms with van der Waals surface area (Å²) in [6.07, 6.45) is 0. The van der Waals surface area contributed by atoms with E-state index in [4.69, 9.17) is 0 Å². The molecule has 3 aromatic heterocycles. The fourth-order valence-electron chi connectivity index (χ4n) is 3.87. The predicted molar refractivity (Wildman–Crippen MR) is 121 cm³/mol. The van der Waals surface area contributed by atoms with Crippen LogP contribution >= 0.6 is 0 Å². The lowest BCUT2D eigenvalue weighted by Crippen LogP contribution is -2.22. The van der Waals surface area contributed by atoms with Crippen LogP contribution in [0.4, 0.5) is 0 Å². The van der Waals surface area contributed by atoms with Gasteiger partial charge in [0.25, 0.3) is 17.7 Å². The Kier molecular flexibility index (Phi) is 5.41. The van der Waals surface area contributed by atoms with Gasteiger partial charge < -0.3 is 0 Å². The van der Waals surface area contributed by atoms with Gasteiger partial charge in [0.2, 0.25) is 0 Å². The first kappa shape index (κ1) is 22.1. The Morgan fingerprint density at radius 2 is 0.727 bits per heavy atom. The maximum atomic E-state index is 13.3. The number of benzene rings is 1. The van der Waals surface area contributed by atoms with Crippen LogP contribution in [0.2, 0.25) is 0 Å². The van der Waals surface area contributed by atoms with E-state index in [0.717, 1.165) is 0 Å². The molecule has 9 nitrogen and oxygen atoms in total. The minimum Gasteiger partial charge on any atom is -0.267 e. The van der Waals surface area contributed by atoms with E-state index in [2.05, 4.69) is 15.3 Å². The molecule has 0 amide bonds. The molecule has 0 radical (unpaired) electrons. The van der Waals surface area contributed by atoms with Crippen LogP contribution in [0.5, 0.6) is 0 Å². The summed E-state index contributed by atoms with van der Waals surface area (Å²) in [5, 5.41) is 12.7. The highest BCUT2D eigenvalue weighted by Gasteiger charge is 2.22. The number of rotatable bonds is 3. The van der Waals surface area contributed by atoms with Crippen LogP contribution in [0.3, 0.4) is 0 Å². The molecule has 0 fully saturated rings. The molecule has 3 heterocycles. The molecule has 0 aliphatic rings. The standard InChI is InChI=1S/C24H24N6O3/c1-13-7-16(4)28(25-13)22(31)19-10-20(23(32)29-17(5)8-14(2)26-29)12-21(11-19)24(33)30-18(6)9-15(3)27-30/h7-12H,1-6H3. The quantitative estimate of drug-likeness (QED) is 0.481. The van der Waals surface area contributed by atoms with Crippen molar-refractivity contribution in [3.63, 3.8) is 0 Å². The molecule has 0 unspecified atom stereocenters. The molecule has 0 saturated carbocycles. The van der Waals surface area contributed by atoms with Crippen LogP contribution in [0.1, 0.15) is 65.2 Å². The van der Waals surface area contributed by atoms with Crippen molar-refractivity contribution in [3.05, 3.63) is 87.3 Å². The lowest BCUT2D eigenvalue weighted by molar-refractivity contribution is 0.0942. The zero-order chi connectivity index (χ0) is 24.0. The van der Waals surface area contributed by atoms with Gasteiger partial charge in [-0.15, -0.1) is 0 Å². The third-order valence-corrected chi connectivity index (χ3v) is 5.28. The third kappa shape index (κ3) is 4.05. The molecule has 0 N–H and O–H groups in total. The second-order valence-electron chi connectivity index (χ2n) is 8.23. The van der Waals surface area contributed by atoms with Gasteiger partial charge in [0.15, 0.2) is 0 Å². The molecule has 0 saturated heterocycles. The van der Waals surface area contributed by atoms with Crippen LogP contribution < -0.4 is 0 Å². The number of carbonyl (C=O) groups is 3. The SMILES string of the molecule is Cc1cc(C)n(C(=O)c2cc(C(=O)n3nc(C)cc3C)cc(C(=O)n3nc(C)cc3C)c2)n1. The average molecular weight is 444 g/mol. The molecule has 0 aliphatic heterocycles. The van der Waals surface area contributed by atoms with Gasteiger partial charge in [0.05, 0.1) is 17.1 Å². The molecule has 33 heavy (non-hydrogen) atoms. The van der Waals surface area contributed by atoms with E-state index < -0.39 is 17.7 Å². The minimum absolute atomic E-state index is 0.165. The predicted octanol–water partition coefficient (Wildman–Crippen LogP) is 3.19. The van der Waals surface area contributed by atoms with Gasteiger partial charge in [-0.2, -0.15) is 15.3 Å². The fraction of sp³-hybridized carbons (Fsp3) is 0.250. The highest BCUT2D eigenvalue weighted by molar-refractivity contribution is 6.05. The Balaban J connectivity index is 1.87. The van der Waals surface area contributed by atoms with Crippen LogP contribution in [-0.4, -0.2) is 47.1 Å². The van der Waals surface area contributed by atoms with Gasteiger partial charge in [-0.25, -0.2) is 14.0 Å². The van der Waals surface area contributed by atoms with Crippen molar-refractivity contribution in [2.24, 2.45) is 0 Å². The summed E-state index contributed by atoms with van der Waals surface area (Å²) in [4.78, 5) is 39.8. The third-order valence-electron chi connectivity index (χ3n) is 5.28. The van der Waals surface area contributed by atoms with Crippen LogP contribution in [0, 0.1) is 41.5 Å². The Morgan fingerprint density at radius 3 is 0.909 bits per heavy atom. The van der Waals surface area contributed by atoms with Gasteiger partial charge in [-0.1, -0.05) is 0 Å². The Labute approximate surface area is 190 Å². The van der Waals surface area contributed by atoms with Crippen LogP contribution in [-0.2, 0) is 0 Å². The number of aromatic nitrogens is 6. The maximum absolute atomic E-state index is 13.3. The maximum Gasteiger partial charge on any atom is 0.278 e. The van der Waals surface area contributed by atoms with Gasteiger partial charge in [0, 0.05) is 33.8 Å². The zero-order valence-corrected chi connectivity index (χ0v) is 19.4. The summed E-state index contributed by atoms with van der Waals surface area (Å²) in [6, 6.07) is 9.75. The largest absolute Gasteiger partial charge is 0.278 e. The first-order chi connectivity index (χ1) is 15.5. The first-order valence-corrected chi connectivity index (χ1v) is 10.4. The molecule has 4 aromatic rings. The molecular formula is C24H24N6O3. The molecule has 0 bridgehead atoms. The molecule has 168 valence electrons. The van der Waals surface area contributed by atoms with Gasteiger partial charge in [-0.3, -0.25) is 14.4 Å². The summed E-state index contributed by atoms with van der Waals surface area (Å²) >= 11 is 0. The lowest BCUT2D eigenvalue weighted by atomic mass is 10.0. The monoisotopic (exact) mass is 444 g/mol. The zero-order valence-electron chi connectivity index (χ0n) is 19.4. The fourth-order valence-corrected chi connectivity index (χ4v) is 3.87. The molecule has 4 rings (SSSR count). The van der Waals surface area contributed by atoms with Crippen molar-refractivity contribution in [3.8, 4) is 0 Å². The van der Waals surface area contributed by atoms with E-state index in [0.29, 0.717) is 34.2 Å². The summed E-state index contributed by atoms with van der Waals surface area (Å²) in [6.45, 7) is 10.7. The second-order valence-corrected chi connectivity index (χ2v) is 8.23. The summed E-state index contributed by atoms with van der Waals surface area (Å²) < 4.78 is 3.79. The minimum atomic E-state index is -0.439. The topological polar surface area (TPSA) is 105 Å². The van der Waals surface area contributed by atoms with E-state index in [1.165, 1.54) is 32.2 Å². The molecule has 0 atom stereocenters. The number of aryl methyl sites for hydroxylation is 6. The van der Waals surface area contributed by atoms with Crippen molar-refractivity contribution >= 4 is 17.7 Å². The van der Waals surface area contributed by atoms with Crippen LogP contribution in [0.15, 0.2) is 36.4 Å². The summed E-state index contributed by atoms with van der Waals surface area (Å²) in [7, 11) is 0. The molecule has 0 spiro atoms. The van der Waals surface area contributed by atoms with Crippen LogP contribution in [0.25, 0.3) is 0 Å². The van der Waals surface area contributed by atoms with E-state index >= 15 is 0 Å².